The maximum Gasteiger partial charge on any atom is 0.138 e. The molecule has 0 bridgehead atoms. The molecule has 4 aromatic rings. The van der Waals surface area contributed by atoms with Crippen LogP contribution in [0.2, 0.25) is 0 Å². The number of imidazole rings is 1. The van der Waals surface area contributed by atoms with Crippen molar-refractivity contribution in [3.8, 4) is 39.0 Å². The quantitative estimate of drug-likeness (QED) is 0.521. The molecule has 0 atom stereocenters. The van der Waals surface area contributed by atoms with E-state index < -0.39 is 0 Å². The van der Waals surface area contributed by atoms with Gasteiger partial charge < -0.3 is 10.1 Å². The lowest BCUT2D eigenvalue weighted by Gasteiger charge is -2.02. The fourth-order valence-corrected chi connectivity index (χ4v) is 3.49. The minimum atomic E-state index is 0.235. The maximum atomic E-state index is 9.75. The number of rotatable bonds is 3. The molecule has 3 nitrogen and oxygen atoms in total. The molecular formula is C20H16N2OS. The van der Waals surface area contributed by atoms with Gasteiger partial charge in [-0.25, -0.2) is 4.98 Å². The largest absolute Gasteiger partial charge is 0.508 e. The van der Waals surface area contributed by atoms with Crippen LogP contribution in [0.25, 0.3) is 33.2 Å². The molecule has 0 radical (unpaired) electrons. The zero-order valence-electron chi connectivity index (χ0n) is 13.2. The average Bonchev–Trinajstić information content (AvgIpc) is 3.24. The van der Waals surface area contributed by atoms with E-state index in [1.165, 1.54) is 5.56 Å². The van der Waals surface area contributed by atoms with Gasteiger partial charge in [-0.15, -0.1) is 11.3 Å². The van der Waals surface area contributed by atoms with Gasteiger partial charge in [0.1, 0.15) is 11.6 Å². The van der Waals surface area contributed by atoms with E-state index in [-0.39, 0.29) is 5.75 Å². The molecule has 0 aliphatic carbocycles. The molecule has 4 heteroatoms. The fourth-order valence-electron chi connectivity index (χ4n) is 2.76. The minimum Gasteiger partial charge on any atom is -0.508 e. The summed E-state index contributed by atoms with van der Waals surface area (Å²) in [6.07, 6.45) is 0. The van der Waals surface area contributed by atoms with E-state index in [1.807, 2.05) is 24.3 Å². The molecule has 2 heterocycles. The number of thiophene rings is 1. The van der Waals surface area contributed by atoms with Gasteiger partial charge in [-0.2, -0.15) is 0 Å². The standard InChI is InChI=1S/C20H16N2OS/c1-13-5-2-6-14(11-13)18-19(17-9-4-10-24-17)22-20(21-18)15-7-3-8-16(23)12-15/h2-12,23H,1H3,(H,21,22). The van der Waals surface area contributed by atoms with Gasteiger partial charge in [-0.1, -0.05) is 42.0 Å². The maximum absolute atomic E-state index is 9.75. The van der Waals surface area contributed by atoms with E-state index in [0.29, 0.717) is 0 Å². The van der Waals surface area contributed by atoms with Gasteiger partial charge in [0, 0.05) is 11.1 Å². The van der Waals surface area contributed by atoms with E-state index in [1.54, 1.807) is 23.5 Å². The van der Waals surface area contributed by atoms with Crippen molar-refractivity contribution >= 4 is 11.3 Å². The number of nitrogens with one attached hydrogen (secondary N) is 1. The summed E-state index contributed by atoms with van der Waals surface area (Å²) in [5.41, 5.74) is 5.09. The summed E-state index contributed by atoms with van der Waals surface area (Å²) >= 11 is 1.68. The third-order valence-corrected chi connectivity index (χ3v) is 4.77. The van der Waals surface area contributed by atoms with Crippen molar-refractivity contribution in [1.82, 2.24) is 9.97 Å². The zero-order chi connectivity index (χ0) is 16.5. The van der Waals surface area contributed by atoms with E-state index in [2.05, 4.69) is 41.6 Å². The van der Waals surface area contributed by atoms with Crippen LogP contribution in [-0.4, -0.2) is 15.1 Å². The molecule has 0 aliphatic heterocycles. The lowest BCUT2D eigenvalue weighted by Crippen LogP contribution is -1.83. The lowest BCUT2D eigenvalue weighted by molar-refractivity contribution is 0.475. The molecule has 2 aromatic carbocycles. The Morgan fingerprint density at radius 3 is 2.54 bits per heavy atom. The molecule has 0 aliphatic rings. The number of aromatic hydroxyl groups is 1. The molecule has 4 rings (SSSR count). The Kier molecular flexibility index (Phi) is 3.67. The number of benzene rings is 2. The highest BCUT2D eigenvalue weighted by atomic mass is 32.1. The van der Waals surface area contributed by atoms with Gasteiger partial charge in [0.2, 0.25) is 0 Å². The number of hydrogen-bond acceptors (Lipinski definition) is 3. The SMILES string of the molecule is Cc1cccc(-c2nc(-c3cccc(O)c3)[nH]c2-c2cccs2)c1. The highest BCUT2D eigenvalue weighted by Gasteiger charge is 2.16. The molecule has 0 amide bonds. The number of aromatic amines is 1. The summed E-state index contributed by atoms with van der Waals surface area (Å²) in [6, 6.07) is 19.6. The van der Waals surface area contributed by atoms with E-state index >= 15 is 0 Å². The predicted molar refractivity (Wildman–Crippen MR) is 99.2 cm³/mol. The summed E-state index contributed by atoms with van der Waals surface area (Å²) in [4.78, 5) is 9.41. The molecule has 0 saturated heterocycles. The second kappa shape index (κ2) is 5.98. The number of phenols is 1. The number of hydrogen-bond donors (Lipinski definition) is 2. The van der Waals surface area contributed by atoms with Crippen molar-refractivity contribution in [3.63, 3.8) is 0 Å². The van der Waals surface area contributed by atoms with Crippen molar-refractivity contribution in [1.29, 1.82) is 0 Å². The number of H-pyrrole nitrogens is 1. The van der Waals surface area contributed by atoms with Gasteiger partial charge in [0.05, 0.1) is 16.3 Å². The van der Waals surface area contributed by atoms with Gasteiger partial charge in [-0.05, 0) is 36.6 Å². The first-order valence-electron chi connectivity index (χ1n) is 7.71. The third kappa shape index (κ3) is 2.72. The van der Waals surface area contributed by atoms with Crippen LogP contribution in [-0.2, 0) is 0 Å². The Balaban J connectivity index is 1.91. The third-order valence-electron chi connectivity index (χ3n) is 3.88. The number of aromatic nitrogens is 2. The van der Waals surface area contributed by atoms with Crippen molar-refractivity contribution in [2.45, 2.75) is 6.92 Å². The Morgan fingerprint density at radius 2 is 1.79 bits per heavy atom. The van der Waals surface area contributed by atoms with Crippen LogP contribution in [0.1, 0.15) is 5.56 Å². The molecule has 0 fully saturated rings. The van der Waals surface area contributed by atoms with E-state index in [4.69, 9.17) is 4.98 Å². The predicted octanol–water partition coefficient (Wildman–Crippen LogP) is 5.49. The fraction of sp³-hybridized carbons (Fsp3) is 0.0500. The topological polar surface area (TPSA) is 48.9 Å². The summed E-state index contributed by atoms with van der Waals surface area (Å²) in [5.74, 6) is 0.990. The second-order valence-corrected chi connectivity index (χ2v) is 6.65. The highest BCUT2D eigenvalue weighted by molar-refractivity contribution is 7.13. The van der Waals surface area contributed by atoms with Gasteiger partial charge in [-0.3, -0.25) is 0 Å². The average molecular weight is 332 g/mol. The lowest BCUT2D eigenvalue weighted by atomic mass is 10.1. The Hall–Kier alpha value is -2.85. The van der Waals surface area contributed by atoms with Crippen molar-refractivity contribution < 1.29 is 5.11 Å². The summed E-state index contributed by atoms with van der Waals surface area (Å²) in [7, 11) is 0. The molecule has 2 N–H and O–H groups in total. The minimum absolute atomic E-state index is 0.235. The van der Waals surface area contributed by atoms with Crippen LogP contribution in [0, 0.1) is 6.92 Å². The molecular weight excluding hydrogens is 316 g/mol. The summed E-state index contributed by atoms with van der Waals surface area (Å²) < 4.78 is 0. The molecule has 24 heavy (non-hydrogen) atoms. The van der Waals surface area contributed by atoms with Crippen molar-refractivity contribution in [2.75, 3.05) is 0 Å². The van der Waals surface area contributed by atoms with Gasteiger partial charge >= 0.3 is 0 Å². The van der Waals surface area contributed by atoms with Crippen LogP contribution in [0.15, 0.2) is 66.0 Å². The molecule has 0 unspecified atom stereocenters. The number of nitrogens with zero attached hydrogens (tertiary/aromatic N) is 1. The normalized spacial score (nSPS) is 10.9. The van der Waals surface area contributed by atoms with Crippen LogP contribution >= 0.6 is 11.3 Å². The Bertz CT molecular complexity index is 987. The van der Waals surface area contributed by atoms with Gasteiger partial charge in [0.25, 0.3) is 0 Å². The molecule has 0 spiro atoms. The molecule has 0 saturated carbocycles. The van der Waals surface area contributed by atoms with Crippen molar-refractivity contribution in [3.05, 3.63) is 71.6 Å². The van der Waals surface area contributed by atoms with Crippen LogP contribution in [0.4, 0.5) is 0 Å². The number of phenolic OH excluding ortho intramolecular Hbond substituents is 1. The first-order valence-corrected chi connectivity index (χ1v) is 8.59. The Morgan fingerprint density at radius 1 is 0.958 bits per heavy atom. The summed E-state index contributed by atoms with van der Waals surface area (Å²) in [6.45, 7) is 2.08. The van der Waals surface area contributed by atoms with Crippen LogP contribution in [0.3, 0.4) is 0 Å². The van der Waals surface area contributed by atoms with Crippen molar-refractivity contribution in [2.24, 2.45) is 0 Å². The first-order chi connectivity index (χ1) is 11.7. The van der Waals surface area contributed by atoms with Gasteiger partial charge in [0.15, 0.2) is 0 Å². The summed E-state index contributed by atoms with van der Waals surface area (Å²) in [5, 5.41) is 11.8. The highest BCUT2D eigenvalue weighted by Crippen LogP contribution is 2.35. The monoisotopic (exact) mass is 332 g/mol. The number of aryl methyl sites for hydroxylation is 1. The van der Waals surface area contributed by atoms with Crippen LogP contribution < -0.4 is 0 Å². The van der Waals surface area contributed by atoms with E-state index in [0.717, 1.165) is 33.2 Å². The van der Waals surface area contributed by atoms with E-state index in [9.17, 15) is 5.11 Å². The molecule has 2 aromatic heterocycles. The Labute approximate surface area is 144 Å². The van der Waals surface area contributed by atoms with Crippen LogP contribution in [0.5, 0.6) is 5.75 Å². The zero-order valence-corrected chi connectivity index (χ0v) is 14.0. The smallest absolute Gasteiger partial charge is 0.138 e. The first kappa shape index (κ1) is 14.7. The molecule has 118 valence electrons. The second-order valence-electron chi connectivity index (χ2n) is 5.71.